The van der Waals surface area contributed by atoms with E-state index < -0.39 is 22.0 Å². The average molecular weight is 627 g/mol. The number of unbranched alkanes of at least 4 members (excludes halogenated alkanes) is 1. The summed E-state index contributed by atoms with van der Waals surface area (Å²) in [5.74, 6) is -0.685. The van der Waals surface area contributed by atoms with Crippen molar-refractivity contribution < 1.29 is 18.0 Å². The SMILES string of the molecule is CC(C)C[C@@H](C(N)=O)N(CCCCNS(=O)(=O)c1ccc(Cl)cc1Cl)C(=O)c1ccc(CN2CCN(C)CC2)cc1. The van der Waals surface area contributed by atoms with Crippen molar-refractivity contribution in [2.24, 2.45) is 11.7 Å². The van der Waals surface area contributed by atoms with Gasteiger partial charge in [-0.05, 0) is 68.1 Å². The lowest BCUT2D eigenvalue weighted by Gasteiger charge is -2.32. The van der Waals surface area contributed by atoms with E-state index in [1.165, 1.54) is 23.1 Å². The molecule has 1 aliphatic rings. The smallest absolute Gasteiger partial charge is 0.254 e. The molecule has 1 fully saturated rings. The Labute approximate surface area is 254 Å². The van der Waals surface area contributed by atoms with Crippen LogP contribution in [0.25, 0.3) is 0 Å². The van der Waals surface area contributed by atoms with E-state index in [4.69, 9.17) is 28.9 Å². The first-order chi connectivity index (χ1) is 19.4. The lowest BCUT2D eigenvalue weighted by Crippen LogP contribution is -2.49. The van der Waals surface area contributed by atoms with Gasteiger partial charge in [-0.15, -0.1) is 0 Å². The lowest BCUT2D eigenvalue weighted by molar-refractivity contribution is -0.123. The topological polar surface area (TPSA) is 116 Å². The molecule has 9 nitrogen and oxygen atoms in total. The Bertz CT molecular complexity index is 1280. The molecule has 12 heteroatoms. The van der Waals surface area contributed by atoms with E-state index >= 15 is 0 Å². The van der Waals surface area contributed by atoms with Crippen molar-refractivity contribution in [2.45, 2.75) is 50.6 Å². The number of amides is 2. The minimum Gasteiger partial charge on any atom is -0.368 e. The predicted molar refractivity (Wildman–Crippen MR) is 164 cm³/mol. The molecule has 1 aliphatic heterocycles. The third kappa shape index (κ3) is 9.94. The van der Waals surface area contributed by atoms with Crippen LogP contribution in [0.3, 0.4) is 0 Å². The second kappa shape index (κ2) is 15.3. The zero-order chi connectivity index (χ0) is 30.2. The van der Waals surface area contributed by atoms with Crippen molar-refractivity contribution in [2.75, 3.05) is 46.3 Å². The summed E-state index contributed by atoms with van der Waals surface area (Å²) in [6, 6.07) is 11.0. The highest BCUT2D eigenvalue weighted by Crippen LogP contribution is 2.25. The summed E-state index contributed by atoms with van der Waals surface area (Å²) in [6.07, 6.45) is 1.33. The van der Waals surface area contributed by atoms with Crippen LogP contribution in [0.1, 0.15) is 49.0 Å². The highest BCUT2D eigenvalue weighted by molar-refractivity contribution is 7.89. The van der Waals surface area contributed by atoms with Crippen molar-refractivity contribution in [1.82, 2.24) is 19.4 Å². The summed E-state index contributed by atoms with van der Waals surface area (Å²) in [6.45, 7) is 9.23. The van der Waals surface area contributed by atoms with Gasteiger partial charge >= 0.3 is 0 Å². The van der Waals surface area contributed by atoms with Gasteiger partial charge < -0.3 is 15.5 Å². The van der Waals surface area contributed by atoms with E-state index in [9.17, 15) is 18.0 Å². The van der Waals surface area contributed by atoms with E-state index in [0.29, 0.717) is 29.8 Å². The molecule has 3 rings (SSSR count). The maximum absolute atomic E-state index is 13.6. The van der Waals surface area contributed by atoms with Gasteiger partial charge in [-0.1, -0.05) is 49.2 Å². The van der Waals surface area contributed by atoms with Gasteiger partial charge in [-0.25, -0.2) is 13.1 Å². The maximum Gasteiger partial charge on any atom is 0.254 e. The number of halogens is 2. The highest BCUT2D eigenvalue weighted by atomic mass is 35.5. The van der Waals surface area contributed by atoms with Gasteiger partial charge in [0.15, 0.2) is 0 Å². The van der Waals surface area contributed by atoms with Crippen LogP contribution >= 0.6 is 23.2 Å². The van der Waals surface area contributed by atoms with E-state index in [2.05, 4.69) is 21.6 Å². The first-order valence-electron chi connectivity index (χ1n) is 13.9. The molecule has 0 aliphatic carbocycles. The van der Waals surface area contributed by atoms with Crippen molar-refractivity contribution >= 4 is 45.0 Å². The molecule has 1 atom stereocenters. The fraction of sp³-hybridized carbons (Fsp3) is 0.517. The molecule has 0 saturated carbocycles. The number of sulfonamides is 1. The quantitative estimate of drug-likeness (QED) is 0.308. The van der Waals surface area contributed by atoms with Crippen LogP contribution in [0.2, 0.25) is 10.0 Å². The fourth-order valence-corrected chi connectivity index (χ4v) is 6.65. The normalized spacial score (nSPS) is 15.7. The number of benzene rings is 2. The van der Waals surface area contributed by atoms with Gasteiger partial charge in [0.05, 0.1) is 5.02 Å². The Morgan fingerprint density at radius 3 is 2.27 bits per heavy atom. The molecule has 2 amide bonds. The monoisotopic (exact) mass is 625 g/mol. The molecule has 0 spiro atoms. The Hall–Kier alpha value is -2.21. The second-order valence-electron chi connectivity index (χ2n) is 11.0. The van der Waals surface area contributed by atoms with Gasteiger partial charge in [0.25, 0.3) is 5.91 Å². The summed E-state index contributed by atoms with van der Waals surface area (Å²) in [7, 11) is -1.71. The number of likely N-dealkylation sites (N-methyl/N-ethyl adjacent to an activating group) is 1. The molecule has 0 unspecified atom stereocenters. The molecule has 0 radical (unpaired) electrons. The number of nitrogens with zero attached hydrogens (tertiary/aromatic N) is 3. The zero-order valence-corrected chi connectivity index (χ0v) is 26.3. The van der Waals surface area contributed by atoms with Gasteiger partial charge in [0.2, 0.25) is 15.9 Å². The Morgan fingerprint density at radius 2 is 1.68 bits per heavy atom. The first kappa shape index (κ1) is 33.3. The largest absolute Gasteiger partial charge is 0.368 e. The Morgan fingerprint density at radius 1 is 1.02 bits per heavy atom. The van der Waals surface area contributed by atoms with E-state index in [-0.39, 0.29) is 34.8 Å². The van der Waals surface area contributed by atoms with Gasteiger partial charge in [0, 0.05) is 56.4 Å². The van der Waals surface area contributed by atoms with E-state index in [1.807, 2.05) is 26.0 Å². The van der Waals surface area contributed by atoms with Gasteiger partial charge in [-0.3, -0.25) is 14.5 Å². The van der Waals surface area contributed by atoms with Crippen LogP contribution < -0.4 is 10.5 Å². The fourth-order valence-electron chi connectivity index (χ4n) is 4.81. The van der Waals surface area contributed by atoms with E-state index in [0.717, 1.165) is 38.3 Å². The van der Waals surface area contributed by atoms with Crippen LogP contribution in [-0.2, 0) is 21.4 Å². The van der Waals surface area contributed by atoms with Crippen molar-refractivity contribution in [3.8, 4) is 0 Å². The van der Waals surface area contributed by atoms with Crippen LogP contribution in [0.15, 0.2) is 47.4 Å². The number of primary amides is 1. The molecular weight excluding hydrogens is 585 g/mol. The van der Waals surface area contributed by atoms with E-state index in [1.54, 1.807) is 12.1 Å². The molecule has 1 heterocycles. The summed E-state index contributed by atoms with van der Waals surface area (Å²) in [4.78, 5) is 32.3. The summed E-state index contributed by atoms with van der Waals surface area (Å²) in [5.41, 5.74) is 7.37. The van der Waals surface area contributed by atoms with Crippen LogP contribution in [0, 0.1) is 5.92 Å². The minimum absolute atomic E-state index is 0.0364. The number of nitrogens with two attached hydrogens (primary N) is 1. The van der Waals surface area contributed by atoms with Crippen LogP contribution in [0.4, 0.5) is 0 Å². The minimum atomic E-state index is -3.83. The number of piperazine rings is 1. The second-order valence-corrected chi connectivity index (χ2v) is 13.6. The number of nitrogens with one attached hydrogen (secondary N) is 1. The zero-order valence-electron chi connectivity index (χ0n) is 24.0. The Kier molecular flexibility index (Phi) is 12.4. The molecule has 3 N–H and O–H groups in total. The maximum atomic E-state index is 13.6. The number of carbonyl (C=O) groups excluding carboxylic acids is 2. The number of rotatable bonds is 14. The highest BCUT2D eigenvalue weighted by Gasteiger charge is 2.29. The van der Waals surface area contributed by atoms with Crippen molar-refractivity contribution in [3.63, 3.8) is 0 Å². The summed E-state index contributed by atoms with van der Waals surface area (Å²) >= 11 is 11.9. The summed E-state index contributed by atoms with van der Waals surface area (Å²) < 4.78 is 27.9. The number of carbonyl (C=O) groups is 2. The van der Waals surface area contributed by atoms with Gasteiger partial charge in [-0.2, -0.15) is 0 Å². The van der Waals surface area contributed by atoms with Crippen LogP contribution in [0.5, 0.6) is 0 Å². The third-order valence-corrected chi connectivity index (χ3v) is 9.34. The number of hydrogen-bond acceptors (Lipinski definition) is 6. The lowest BCUT2D eigenvalue weighted by atomic mass is 10.00. The predicted octanol–water partition coefficient (Wildman–Crippen LogP) is 3.84. The standard InChI is InChI=1S/C29H41Cl2N5O4S/c1-21(2)18-26(28(32)37)36(13-5-4-12-33-41(39,40)27-11-10-24(30)19-25(27)31)29(38)23-8-6-22(7-9-23)20-35-16-14-34(3)15-17-35/h6-11,19,21,26,33H,4-5,12-18,20H2,1-3H3,(H2,32,37)/t26-/m0/s1. The van der Waals surface area contributed by atoms with Crippen molar-refractivity contribution in [3.05, 3.63) is 63.6 Å². The summed E-state index contributed by atoms with van der Waals surface area (Å²) in [5, 5.41) is 0.378. The molecule has 2 aromatic carbocycles. The van der Waals surface area contributed by atoms with Crippen molar-refractivity contribution in [1.29, 1.82) is 0 Å². The molecule has 0 bridgehead atoms. The molecular formula is C29H41Cl2N5O4S. The Balaban J connectivity index is 1.64. The van der Waals surface area contributed by atoms with Gasteiger partial charge in [0.1, 0.15) is 10.9 Å². The molecule has 1 saturated heterocycles. The number of hydrogen-bond donors (Lipinski definition) is 2. The third-order valence-electron chi connectivity index (χ3n) is 7.16. The molecule has 41 heavy (non-hydrogen) atoms. The molecule has 0 aromatic heterocycles. The average Bonchev–Trinajstić information content (AvgIpc) is 2.90. The van der Waals surface area contributed by atoms with Crippen LogP contribution in [-0.4, -0.2) is 87.3 Å². The first-order valence-corrected chi connectivity index (χ1v) is 16.2. The molecule has 226 valence electrons. The molecule has 2 aromatic rings.